The first kappa shape index (κ1) is 18.9. The first-order valence-corrected chi connectivity index (χ1v) is 10.7. The average Bonchev–Trinajstić information content (AvgIpc) is 2.71. The topological polar surface area (TPSA) is 118 Å². The van der Waals surface area contributed by atoms with Crippen molar-refractivity contribution in [1.82, 2.24) is 4.31 Å². The Hall–Kier alpha value is -0.420. The van der Waals surface area contributed by atoms with Gasteiger partial charge >= 0.3 is 0 Å². The zero-order valence-corrected chi connectivity index (χ0v) is 15.0. The normalized spacial score (nSPS) is 24.2. The molecular formula is C12H16Cl2N2O5S2. The Morgan fingerprint density at radius 2 is 1.91 bits per heavy atom. The Bertz CT molecular complexity index is 798. The average molecular weight is 403 g/mol. The molecule has 0 spiro atoms. The molecule has 7 nitrogen and oxygen atoms in total. The molecule has 1 heterocycles. The van der Waals surface area contributed by atoms with Gasteiger partial charge in [0, 0.05) is 13.1 Å². The molecule has 1 aliphatic heterocycles. The Labute approximate surface area is 145 Å². The Balaban J connectivity index is 2.45. The second-order valence-corrected chi connectivity index (χ2v) is 10.1. The fourth-order valence-electron chi connectivity index (χ4n) is 2.45. The van der Waals surface area contributed by atoms with Gasteiger partial charge in [-0.25, -0.2) is 16.8 Å². The van der Waals surface area contributed by atoms with E-state index in [1.165, 1.54) is 18.2 Å². The van der Waals surface area contributed by atoms with E-state index in [-0.39, 0.29) is 28.0 Å². The minimum atomic E-state index is -4.08. The Morgan fingerprint density at radius 1 is 1.26 bits per heavy atom. The highest BCUT2D eigenvalue weighted by atomic mass is 35.5. The van der Waals surface area contributed by atoms with E-state index in [2.05, 4.69) is 0 Å². The highest BCUT2D eigenvalue weighted by Gasteiger charge is 2.44. The lowest BCUT2D eigenvalue weighted by Gasteiger charge is -2.29. The molecule has 0 aliphatic carbocycles. The van der Waals surface area contributed by atoms with Crippen LogP contribution in [0.1, 0.15) is 0 Å². The summed E-state index contributed by atoms with van der Waals surface area (Å²) in [5.74, 6) is -0.926. The highest BCUT2D eigenvalue weighted by Crippen LogP contribution is 2.29. The van der Waals surface area contributed by atoms with Crippen molar-refractivity contribution in [2.45, 2.75) is 17.0 Å². The van der Waals surface area contributed by atoms with Gasteiger partial charge in [-0.2, -0.15) is 4.31 Å². The largest absolute Gasteiger partial charge is 0.390 e. The number of rotatable bonds is 5. The monoisotopic (exact) mass is 402 g/mol. The molecule has 11 heteroatoms. The van der Waals surface area contributed by atoms with Gasteiger partial charge in [-0.1, -0.05) is 23.2 Å². The standard InChI is InChI=1S/C12H16Cl2N2O5S2/c13-9-2-1-8(5-10(9)14)23(20,21)16(4-3-15)11-6-22(18,19)7-12(11)17/h1-2,5,11-12,17H,3-4,6-7,15H2/t11-,12-/m1/s1. The molecule has 1 aromatic rings. The van der Waals surface area contributed by atoms with Crippen LogP contribution in [0.2, 0.25) is 10.0 Å². The maximum Gasteiger partial charge on any atom is 0.243 e. The predicted molar refractivity (Wildman–Crippen MR) is 87.9 cm³/mol. The van der Waals surface area contributed by atoms with Crippen molar-refractivity contribution in [2.24, 2.45) is 5.73 Å². The lowest BCUT2D eigenvalue weighted by Crippen LogP contribution is -2.48. The lowest BCUT2D eigenvalue weighted by molar-refractivity contribution is 0.129. The summed E-state index contributed by atoms with van der Waals surface area (Å²) >= 11 is 11.6. The van der Waals surface area contributed by atoms with Crippen molar-refractivity contribution in [3.8, 4) is 0 Å². The Kier molecular flexibility index (Phi) is 5.62. The molecule has 0 amide bonds. The van der Waals surface area contributed by atoms with Crippen LogP contribution in [0.5, 0.6) is 0 Å². The van der Waals surface area contributed by atoms with E-state index >= 15 is 0 Å². The summed E-state index contributed by atoms with van der Waals surface area (Å²) in [6.07, 6.45) is -1.30. The van der Waals surface area contributed by atoms with Gasteiger partial charge in [-0.3, -0.25) is 0 Å². The summed E-state index contributed by atoms with van der Waals surface area (Å²) < 4.78 is 49.8. The summed E-state index contributed by atoms with van der Waals surface area (Å²) in [5, 5.41) is 10.2. The summed E-state index contributed by atoms with van der Waals surface area (Å²) in [4.78, 5) is -0.142. The van der Waals surface area contributed by atoms with E-state index in [1.807, 2.05) is 0 Å². The molecule has 1 aliphatic rings. The molecule has 1 saturated heterocycles. The van der Waals surface area contributed by atoms with Gasteiger partial charge in [0.2, 0.25) is 10.0 Å². The summed E-state index contributed by atoms with van der Waals surface area (Å²) in [5.41, 5.74) is 5.45. The molecule has 2 rings (SSSR count). The van der Waals surface area contributed by atoms with Crippen molar-refractivity contribution in [2.75, 3.05) is 24.6 Å². The van der Waals surface area contributed by atoms with E-state index in [1.54, 1.807) is 0 Å². The summed E-state index contributed by atoms with van der Waals surface area (Å²) in [6.45, 7) is -0.149. The van der Waals surface area contributed by atoms with Crippen molar-refractivity contribution in [1.29, 1.82) is 0 Å². The van der Waals surface area contributed by atoms with E-state index in [9.17, 15) is 21.9 Å². The van der Waals surface area contributed by atoms with E-state index in [4.69, 9.17) is 28.9 Å². The number of aliphatic hydroxyl groups excluding tert-OH is 1. The molecule has 0 unspecified atom stereocenters. The highest BCUT2D eigenvalue weighted by molar-refractivity contribution is 7.92. The fraction of sp³-hybridized carbons (Fsp3) is 0.500. The van der Waals surface area contributed by atoms with Gasteiger partial charge < -0.3 is 10.8 Å². The molecule has 0 bridgehead atoms. The number of nitrogens with two attached hydrogens (primary N) is 1. The van der Waals surface area contributed by atoms with Gasteiger partial charge in [0.15, 0.2) is 9.84 Å². The number of nitrogens with zero attached hydrogens (tertiary/aromatic N) is 1. The van der Waals surface area contributed by atoms with E-state index in [0.29, 0.717) is 0 Å². The van der Waals surface area contributed by atoms with Crippen LogP contribution >= 0.6 is 23.2 Å². The van der Waals surface area contributed by atoms with Gasteiger partial charge in [-0.05, 0) is 18.2 Å². The molecule has 0 saturated carbocycles. The number of hydrogen-bond acceptors (Lipinski definition) is 6. The number of halogens is 2. The van der Waals surface area contributed by atoms with Gasteiger partial charge in [-0.15, -0.1) is 0 Å². The molecule has 1 aromatic carbocycles. The summed E-state index contributed by atoms with van der Waals surface area (Å²) in [7, 11) is -7.59. The van der Waals surface area contributed by atoms with E-state index < -0.39 is 43.5 Å². The second-order valence-electron chi connectivity index (χ2n) is 5.19. The molecular weight excluding hydrogens is 387 g/mol. The van der Waals surface area contributed by atoms with E-state index in [0.717, 1.165) is 4.31 Å². The van der Waals surface area contributed by atoms with Crippen molar-refractivity contribution < 1.29 is 21.9 Å². The van der Waals surface area contributed by atoms with Crippen molar-refractivity contribution in [3.05, 3.63) is 28.2 Å². The SMILES string of the molecule is NCCN([C@@H]1CS(=O)(=O)C[C@H]1O)S(=O)(=O)c1ccc(Cl)c(Cl)c1. The van der Waals surface area contributed by atoms with Crippen LogP contribution in [0.3, 0.4) is 0 Å². The third-order valence-electron chi connectivity index (χ3n) is 3.51. The number of sulfonamides is 1. The van der Waals surface area contributed by atoms with Gasteiger partial charge in [0.25, 0.3) is 0 Å². The second kappa shape index (κ2) is 6.83. The minimum Gasteiger partial charge on any atom is -0.390 e. The van der Waals surface area contributed by atoms with Gasteiger partial charge in [0.1, 0.15) is 0 Å². The zero-order valence-electron chi connectivity index (χ0n) is 11.9. The van der Waals surface area contributed by atoms with Crippen LogP contribution < -0.4 is 5.73 Å². The molecule has 0 radical (unpaired) electrons. The number of sulfone groups is 1. The van der Waals surface area contributed by atoms with Crippen LogP contribution in [-0.4, -0.2) is 63.0 Å². The first-order chi connectivity index (χ1) is 10.6. The maximum absolute atomic E-state index is 12.8. The lowest BCUT2D eigenvalue weighted by atomic mass is 10.2. The van der Waals surface area contributed by atoms with Crippen molar-refractivity contribution in [3.63, 3.8) is 0 Å². The predicted octanol–water partition coefficient (Wildman–Crippen LogP) is 0.101. The smallest absolute Gasteiger partial charge is 0.243 e. The quantitative estimate of drug-likeness (QED) is 0.720. The van der Waals surface area contributed by atoms with Crippen molar-refractivity contribution >= 4 is 43.1 Å². The van der Waals surface area contributed by atoms with Gasteiger partial charge in [0.05, 0.1) is 38.6 Å². The number of hydrogen-bond donors (Lipinski definition) is 2. The molecule has 0 aromatic heterocycles. The Morgan fingerprint density at radius 3 is 2.39 bits per heavy atom. The molecule has 130 valence electrons. The molecule has 2 atom stereocenters. The van der Waals surface area contributed by atoms with Crippen LogP contribution in [0, 0.1) is 0 Å². The minimum absolute atomic E-state index is 0.0240. The molecule has 23 heavy (non-hydrogen) atoms. The molecule has 3 N–H and O–H groups in total. The maximum atomic E-state index is 12.8. The number of aliphatic hydroxyl groups is 1. The van der Waals surface area contributed by atoms with Crippen LogP contribution in [0.25, 0.3) is 0 Å². The van der Waals surface area contributed by atoms with Crippen LogP contribution in [0.15, 0.2) is 23.1 Å². The third kappa shape index (κ3) is 3.98. The number of benzene rings is 1. The zero-order chi connectivity index (χ0) is 17.4. The summed E-state index contributed by atoms with van der Waals surface area (Å²) in [6, 6.07) is 2.70. The fourth-order valence-corrected chi connectivity index (χ4v) is 6.40. The third-order valence-corrected chi connectivity index (χ3v) is 7.87. The van der Waals surface area contributed by atoms with Crippen LogP contribution in [-0.2, 0) is 19.9 Å². The molecule has 1 fully saturated rings. The van der Waals surface area contributed by atoms with Crippen LogP contribution in [0.4, 0.5) is 0 Å². The first-order valence-electron chi connectivity index (χ1n) is 6.64.